The zero-order valence-electron chi connectivity index (χ0n) is 16.5. The van der Waals surface area contributed by atoms with Crippen LogP contribution in [0.1, 0.15) is 21.5 Å². The maximum Gasteiger partial charge on any atom is 0.252 e. The molecular weight excluding hydrogens is 378 g/mol. The average Bonchev–Trinajstić information content (AvgIpc) is 2.76. The highest BCUT2D eigenvalue weighted by molar-refractivity contribution is 5.95. The molecule has 1 aliphatic heterocycles. The van der Waals surface area contributed by atoms with Gasteiger partial charge in [0.05, 0.1) is 13.2 Å². The van der Waals surface area contributed by atoms with Gasteiger partial charge in [-0.15, -0.1) is 6.42 Å². The standard InChI is InChI=1S/C23H21N5O2/c1-3-15-4-6-17(7-5-15)21(29)28-23(13-30-14-23)18-10-8-16(9-11-18)19-12-26-22(25-2)27-20(19)24/h1,4-12H,13-14H2,2H3,(H,28,29)(H3,24,25,26,27). The molecule has 0 spiro atoms. The van der Waals surface area contributed by atoms with Crippen LogP contribution in [0.5, 0.6) is 0 Å². The van der Waals surface area contributed by atoms with Crippen LogP contribution < -0.4 is 16.4 Å². The summed E-state index contributed by atoms with van der Waals surface area (Å²) in [7, 11) is 1.74. The number of hydrogen-bond donors (Lipinski definition) is 3. The second-order valence-corrected chi connectivity index (χ2v) is 7.07. The number of carbonyl (C=O) groups is 1. The number of aromatic nitrogens is 2. The number of nitrogens with zero attached hydrogens (tertiary/aromatic N) is 2. The van der Waals surface area contributed by atoms with E-state index < -0.39 is 5.54 Å². The third-order valence-electron chi connectivity index (χ3n) is 5.15. The van der Waals surface area contributed by atoms with Gasteiger partial charge in [0, 0.05) is 29.9 Å². The lowest BCUT2D eigenvalue weighted by molar-refractivity contribution is -0.0733. The summed E-state index contributed by atoms with van der Waals surface area (Å²) in [6.45, 7) is 0.811. The fourth-order valence-corrected chi connectivity index (χ4v) is 3.33. The molecule has 4 N–H and O–H groups in total. The van der Waals surface area contributed by atoms with Crippen molar-refractivity contribution in [2.45, 2.75) is 5.54 Å². The minimum atomic E-state index is -0.571. The first-order valence-electron chi connectivity index (χ1n) is 9.43. The van der Waals surface area contributed by atoms with E-state index in [-0.39, 0.29) is 5.91 Å². The van der Waals surface area contributed by atoms with Gasteiger partial charge in [-0.2, -0.15) is 4.98 Å². The third-order valence-corrected chi connectivity index (χ3v) is 5.15. The fraction of sp³-hybridized carbons (Fsp3) is 0.174. The third kappa shape index (κ3) is 3.56. The van der Waals surface area contributed by atoms with Crippen LogP contribution in [-0.2, 0) is 10.3 Å². The van der Waals surface area contributed by atoms with Crippen LogP contribution in [0.4, 0.5) is 11.8 Å². The summed E-state index contributed by atoms with van der Waals surface area (Å²) in [6.07, 6.45) is 7.06. The van der Waals surface area contributed by atoms with Crippen LogP contribution in [0.3, 0.4) is 0 Å². The predicted octanol–water partition coefficient (Wildman–Crippen LogP) is 2.40. The van der Waals surface area contributed by atoms with Gasteiger partial charge in [-0.25, -0.2) is 4.98 Å². The molecular formula is C23H21N5O2. The topological polar surface area (TPSA) is 102 Å². The number of carbonyl (C=O) groups excluding carboxylic acids is 1. The zero-order chi connectivity index (χ0) is 21.1. The maximum atomic E-state index is 12.8. The molecule has 0 aliphatic carbocycles. The van der Waals surface area contributed by atoms with Gasteiger partial charge in [0.15, 0.2) is 0 Å². The molecule has 0 saturated carbocycles. The van der Waals surface area contributed by atoms with E-state index in [1.165, 1.54) is 0 Å². The molecule has 0 bridgehead atoms. The Kier molecular flexibility index (Phi) is 5.09. The minimum absolute atomic E-state index is 0.175. The van der Waals surface area contributed by atoms with E-state index in [1.54, 1.807) is 37.5 Å². The van der Waals surface area contributed by atoms with Crippen LogP contribution in [-0.4, -0.2) is 36.1 Å². The SMILES string of the molecule is C#Cc1ccc(C(=O)NC2(c3ccc(-c4cnc(NC)nc4N)cc3)COC2)cc1. The van der Waals surface area contributed by atoms with E-state index in [9.17, 15) is 4.79 Å². The zero-order valence-corrected chi connectivity index (χ0v) is 16.5. The molecule has 0 atom stereocenters. The molecule has 30 heavy (non-hydrogen) atoms. The monoisotopic (exact) mass is 399 g/mol. The van der Waals surface area contributed by atoms with Crippen LogP contribution in [0.2, 0.25) is 0 Å². The lowest BCUT2D eigenvalue weighted by atomic mass is 9.86. The Balaban J connectivity index is 1.56. The predicted molar refractivity (Wildman–Crippen MR) is 116 cm³/mol. The lowest BCUT2D eigenvalue weighted by Crippen LogP contribution is -2.59. The fourth-order valence-electron chi connectivity index (χ4n) is 3.33. The van der Waals surface area contributed by atoms with Crippen molar-refractivity contribution in [1.82, 2.24) is 15.3 Å². The van der Waals surface area contributed by atoms with E-state index in [4.69, 9.17) is 16.9 Å². The van der Waals surface area contributed by atoms with E-state index in [1.807, 2.05) is 24.3 Å². The number of nitrogen functional groups attached to an aromatic ring is 1. The first kappa shape index (κ1) is 19.4. The summed E-state index contributed by atoms with van der Waals surface area (Å²) in [4.78, 5) is 21.2. The summed E-state index contributed by atoms with van der Waals surface area (Å²) in [5.74, 6) is 3.24. The number of ether oxygens (including phenoxy) is 1. The Bertz CT molecular complexity index is 1110. The molecule has 7 heteroatoms. The largest absolute Gasteiger partial charge is 0.383 e. The summed E-state index contributed by atoms with van der Waals surface area (Å²) < 4.78 is 5.44. The van der Waals surface area contributed by atoms with Gasteiger partial charge in [0.25, 0.3) is 5.91 Å². The van der Waals surface area contributed by atoms with Gasteiger partial charge in [-0.05, 0) is 35.4 Å². The Morgan fingerprint density at radius 2 is 1.87 bits per heavy atom. The van der Waals surface area contributed by atoms with Crippen molar-refractivity contribution in [3.8, 4) is 23.5 Å². The molecule has 1 aromatic heterocycles. The molecule has 150 valence electrons. The van der Waals surface area contributed by atoms with Crippen molar-refractivity contribution in [2.24, 2.45) is 0 Å². The molecule has 1 amide bonds. The molecule has 0 radical (unpaired) electrons. The number of terminal acetylenes is 1. The van der Waals surface area contributed by atoms with E-state index >= 15 is 0 Å². The minimum Gasteiger partial charge on any atom is -0.383 e. The first-order chi connectivity index (χ1) is 14.5. The summed E-state index contributed by atoms with van der Waals surface area (Å²) >= 11 is 0. The number of rotatable bonds is 5. The molecule has 7 nitrogen and oxygen atoms in total. The van der Waals surface area contributed by atoms with Crippen molar-refractivity contribution in [1.29, 1.82) is 0 Å². The van der Waals surface area contributed by atoms with Gasteiger partial charge in [0.1, 0.15) is 11.4 Å². The van der Waals surface area contributed by atoms with Crippen LogP contribution >= 0.6 is 0 Å². The quantitative estimate of drug-likeness (QED) is 0.570. The molecule has 1 aliphatic rings. The highest BCUT2D eigenvalue weighted by Gasteiger charge is 2.42. The first-order valence-corrected chi connectivity index (χ1v) is 9.43. The highest BCUT2D eigenvalue weighted by Crippen LogP contribution is 2.32. The van der Waals surface area contributed by atoms with E-state index in [0.29, 0.717) is 30.5 Å². The maximum absolute atomic E-state index is 12.8. The van der Waals surface area contributed by atoms with Crippen molar-refractivity contribution < 1.29 is 9.53 Å². The number of amides is 1. The van der Waals surface area contributed by atoms with Gasteiger partial charge in [-0.1, -0.05) is 30.2 Å². The van der Waals surface area contributed by atoms with Gasteiger partial charge < -0.3 is 21.1 Å². The van der Waals surface area contributed by atoms with Crippen molar-refractivity contribution in [3.05, 3.63) is 71.4 Å². The number of hydrogen-bond acceptors (Lipinski definition) is 6. The number of nitrogens with two attached hydrogens (primary N) is 1. The van der Waals surface area contributed by atoms with Gasteiger partial charge in [-0.3, -0.25) is 4.79 Å². The van der Waals surface area contributed by atoms with Gasteiger partial charge in [0.2, 0.25) is 5.95 Å². The molecule has 1 saturated heterocycles. The highest BCUT2D eigenvalue weighted by atomic mass is 16.5. The molecule has 1 fully saturated rings. The number of anilines is 2. The molecule has 2 heterocycles. The Morgan fingerprint density at radius 1 is 1.17 bits per heavy atom. The smallest absolute Gasteiger partial charge is 0.252 e. The average molecular weight is 399 g/mol. The van der Waals surface area contributed by atoms with E-state index in [2.05, 4.69) is 26.5 Å². The number of benzene rings is 2. The van der Waals surface area contributed by atoms with Crippen LogP contribution in [0, 0.1) is 12.3 Å². The second-order valence-electron chi connectivity index (χ2n) is 7.07. The summed E-state index contributed by atoms with van der Waals surface area (Å²) in [5, 5.41) is 5.98. The molecule has 0 unspecified atom stereocenters. The Morgan fingerprint density at radius 3 is 2.40 bits per heavy atom. The van der Waals surface area contributed by atoms with Crippen molar-refractivity contribution in [2.75, 3.05) is 31.3 Å². The Labute approximate surface area is 174 Å². The van der Waals surface area contributed by atoms with Crippen molar-refractivity contribution in [3.63, 3.8) is 0 Å². The summed E-state index contributed by atoms with van der Waals surface area (Å²) in [5.41, 5.74) is 9.37. The van der Waals surface area contributed by atoms with Crippen molar-refractivity contribution >= 4 is 17.7 Å². The van der Waals surface area contributed by atoms with E-state index in [0.717, 1.165) is 22.3 Å². The lowest BCUT2D eigenvalue weighted by Gasteiger charge is -2.42. The normalized spacial score (nSPS) is 14.3. The molecule has 4 rings (SSSR count). The summed E-state index contributed by atoms with van der Waals surface area (Å²) in [6, 6.07) is 14.8. The second kappa shape index (κ2) is 7.85. The Hall–Kier alpha value is -3.89. The van der Waals surface area contributed by atoms with Crippen LogP contribution in [0.25, 0.3) is 11.1 Å². The van der Waals surface area contributed by atoms with Gasteiger partial charge >= 0.3 is 0 Å². The van der Waals surface area contributed by atoms with Crippen LogP contribution in [0.15, 0.2) is 54.7 Å². The number of nitrogens with one attached hydrogen (secondary N) is 2. The molecule has 3 aromatic rings. The molecule has 2 aromatic carbocycles.